The SMILES string of the molecule is Cc1noc2nc(C3CC3)cc(C(=O)N3CCc4c([nH]c5ccccc45)[C@@H]3C)c12. The highest BCUT2D eigenvalue weighted by Crippen LogP contribution is 2.41. The van der Waals surface area contributed by atoms with Crippen LogP contribution < -0.4 is 0 Å². The van der Waals surface area contributed by atoms with Crippen molar-refractivity contribution in [3.05, 3.63) is 58.5 Å². The minimum atomic E-state index is -0.0218. The number of aryl methyl sites for hydroxylation is 1. The zero-order chi connectivity index (χ0) is 19.7. The average Bonchev–Trinajstić information content (AvgIpc) is 3.42. The van der Waals surface area contributed by atoms with Crippen molar-refractivity contribution >= 4 is 27.9 Å². The van der Waals surface area contributed by atoms with Crippen LogP contribution in [0.25, 0.3) is 22.0 Å². The number of hydrogen-bond donors (Lipinski definition) is 1. The number of carbonyl (C=O) groups excluding carboxylic acids is 1. The van der Waals surface area contributed by atoms with E-state index >= 15 is 0 Å². The summed E-state index contributed by atoms with van der Waals surface area (Å²) in [6.45, 7) is 4.67. The molecule has 146 valence electrons. The number of nitrogens with zero attached hydrogens (tertiary/aromatic N) is 3. The van der Waals surface area contributed by atoms with Crippen LogP contribution in [0.1, 0.15) is 64.7 Å². The molecule has 1 aliphatic heterocycles. The molecule has 29 heavy (non-hydrogen) atoms. The molecule has 1 atom stereocenters. The molecule has 3 aromatic heterocycles. The maximum Gasteiger partial charge on any atom is 0.259 e. The van der Waals surface area contributed by atoms with Crippen LogP contribution >= 0.6 is 0 Å². The number of aromatic amines is 1. The molecule has 2 aliphatic rings. The Morgan fingerprint density at radius 3 is 2.93 bits per heavy atom. The first-order valence-electron chi connectivity index (χ1n) is 10.3. The molecule has 0 bridgehead atoms. The van der Waals surface area contributed by atoms with Crippen LogP contribution in [-0.2, 0) is 6.42 Å². The van der Waals surface area contributed by atoms with Crippen LogP contribution in [0.5, 0.6) is 0 Å². The van der Waals surface area contributed by atoms with Gasteiger partial charge in [0.15, 0.2) is 0 Å². The first-order valence-corrected chi connectivity index (χ1v) is 10.3. The summed E-state index contributed by atoms with van der Waals surface area (Å²) in [5, 5.41) is 6.08. The zero-order valence-electron chi connectivity index (χ0n) is 16.5. The van der Waals surface area contributed by atoms with Gasteiger partial charge in [-0.15, -0.1) is 0 Å². The molecule has 0 saturated heterocycles. The van der Waals surface area contributed by atoms with E-state index in [-0.39, 0.29) is 11.9 Å². The summed E-state index contributed by atoms with van der Waals surface area (Å²) in [6, 6.07) is 10.3. The largest absolute Gasteiger partial charge is 0.356 e. The maximum absolute atomic E-state index is 13.7. The standard InChI is InChI=1S/C23H22N4O2/c1-12-20-17(11-19(14-7-8-14)25-22(20)29-26-12)23(28)27-10-9-16-15-5-3-4-6-18(15)24-21(16)13(27)2/h3-6,11,13-14,24H,7-10H2,1-2H3/t13-/m0/s1. The number of amides is 1. The van der Waals surface area contributed by atoms with Gasteiger partial charge in [-0.2, -0.15) is 0 Å². The minimum absolute atomic E-state index is 0.0218. The highest BCUT2D eigenvalue weighted by molar-refractivity contribution is 6.06. The van der Waals surface area contributed by atoms with E-state index in [4.69, 9.17) is 4.52 Å². The number of hydrogen-bond acceptors (Lipinski definition) is 4. The van der Waals surface area contributed by atoms with Gasteiger partial charge in [0.1, 0.15) is 0 Å². The van der Waals surface area contributed by atoms with Crippen LogP contribution in [0.2, 0.25) is 0 Å². The van der Waals surface area contributed by atoms with Crippen molar-refractivity contribution in [2.45, 2.75) is 45.1 Å². The molecule has 6 rings (SSSR count). The van der Waals surface area contributed by atoms with Gasteiger partial charge < -0.3 is 14.4 Å². The molecule has 0 unspecified atom stereocenters. The zero-order valence-corrected chi connectivity index (χ0v) is 16.5. The molecule has 1 fully saturated rings. The third-order valence-corrected chi connectivity index (χ3v) is 6.46. The van der Waals surface area contributed by atoms with Crippen molar-refractivity contribution in [3.8, 4) is 0 Å². The van der Waals surface area contributed by atoms with E-state index < -0.39 is 0 Å². The van der Waals surface area contributed by atoms with Crippen LogP contribution in [0, 0.1) is 6.92 Å². The lowest BCUT2D eigenvalue weighted by atomic mass is 9.96. The molecule has 4 heterocycles. The van der Waals surface area contributed by atoms with Gasteiger partial charge in [-0.3, -0.25) is 4.79 Å². The number of H-pyrrole nitrogens is 1. The Kier molecular flexibility index (Phi) is 3.43. The Morgan fingerprint density at radius 2 is 2.10 bits per heavy atom. The van der Waals surface area contributed by atoms with E-state index in [9.17, 15) is 4.79 Å². The van der Waals surface area contributed by atoms with Crippen LogP contribution in [0.4, 0.5) is 0 Å². The topological polar surface area (TPSA) is 75.0 Å². The molecule has 6 nitrogen and oxygen atoms in total. The first-order chi connectivity index (χ1) is 14.1. The quantitative estimate of drug-likeness (QED) is 0.544. The summed E-state index contributed by atoms with van der Waals surface area (Å²) in [6.07, 6.45) is 3.09. The Hall–Kier alpha value is -3.15. The molecule has 1 aliphatic carbocycles. The molecular weight excluding hydrogens is 364 g/mol. The highest BCUT2D eigenvalue weighted by Gasteiger charge is 2.34. The van der Waals surface area contributed by atoms with E-state index in [1.165, 1.54) is 10.9 Å². The van der Waals surface area contributed by atoms with Crippen molar-refractivity contribution < 1.29 is 9.32 Å². The van der Waals surface area contributed by atoms with Crippen molar-refractivity contribution in [3.63, 3.8) is 0 Å². The van der Waals surface area contributed by atoms with Gasteiger partial charge >= 0.3 is 0 Å². The number of benzene rings is 1. The summed E-state index contributed by atoms with van der Waals surface area (Å²) >= 11 is 0. The second-order valence-electron chi connectivity index (χ2n) is 8.30. The molecule has 1 saturated carbocycles. The van der Waals surface area contributed by atoms with Gasteiger partial charge in [0.2, 0.25) is 0 Å². The predicted molar refractivity (Wildman–Crippen MR) is 110 cm³/mol. The minimum Gasteiger partial charge on any atom is -0.356 e. The van der Waals surface area contributed by atoms with E-state index in [0.717, 1.165) is 41.6 Å². The average molecular weight is 386 g/mol. The molecule has 1 aromatic carbocycles. The van der Waals surface area contributed by atoms with E-state index in [0.29, 0.717) is 29.4 Å². The lowest BCUT2D eigenvalue weighted by Gasteiger charge is -2.34. The fourth-order valence-corrected chi connectivity index (χ4v) is 4.73. The van der Waals surface area contributed by atoms with Crippen LogP contribution in [0.3, 0.4) is 0 Å². The smallest absolute Gasteiger partial charge is 0.259 e. The van der Waals surface area contributed by atoms with Gasteiger partial charge in [0.05, 0.1) is 22.7 Å². The third-order valence-electron chi connectivity index (χ3n) is 6.46. The Bertz CT molecular complexity index is 1280. The van der Waals surface area contributed by atoms with Gasteiger partial charge in [0, 0.05) is 34.8 Å². The van der Waals surface area contributed by atoms with E-state index in [1.54, 1.807) is 0 Å². The Morgan fingerprint density at radius 1 is 1.28 bits per heavy atom. The van der Waals surface area contributed by atoms with E-state index in [1.807, 2.05) is 24.0 Å². The lowest BCUT2D eigenvalue weighted by molar-refractivity contribution is 0.0676. The molecule has 1 N–H and O–H groups in total. The van der Waals surface area contributed by atoms with Gasteiger partial charge in [-0.05, 0) is 50.8 Å². The normalized spacial score (nSPS) is 19.1. The van der Waals surface area contributed by atoms with Crippen molar-refractivity contribution in [1.29, 1.82) is 0 Å². The number of rotatable bonds is 2. The van der Waals surface area contributed by atoms with Crippen molar-refractivity contribution in [1.82, 2.24) is 20.0 Å². The van der Waals surface area contributed by atoms with Crippen molar-refractivity contribution in [2.75, 3.05) is 6.54 Å². The van der Waals surface area contributed by atoms with Crippen LogP contribution in [0.15, 0.2) is 34.9 Å². The fraction of sp³-hybridized carbons (Fsp3) is 0.348. The summed E-state index contributed by atoms with van der Waals surface area (Å²) in [5.74, 6) is 0.470. The molecule has 0 radical (unpaired) electrons. The second kappa shape index (κ2) is 5.92. The van der Waals surface area contributed by atoms with Crippen LogP contribution in [-0.4, -0.2) is 32.5 Å². The molecular formula is C23H22N4O2. The molecule has 1 amide bonds. The highest BCUT2D eigenvalue weighted by atomic mass is 16.5. The van der Waals surface area contributed by atoms with Crippen molar-refractivity contribution in [2.24, 2.45) is 0 Å². The second-order valence-corrected chi connectivity index (χ2v) is 8.30. The maximum atomic E-state index is 13.7. The number of carbonyl (C=O) groups is 1. The number of aromatic nitrogens is 3. The summed E-state index contributed by atoms with van der Waals surface area (Å²) in [4.78, 5) is 23.8. The number of pyridine rings is 1. The molecule has 0 spiro atoms. The monoisotopic (exact) mass is 386 g/mol. The van der Waals surface area contributed by atoms with Gasteiger partial charge in [-0.1, -0.05) is 23.4 Å². The fourth-order valence-electron chi connectivity index (χ4n) is 4.73. The lowest BCUT2D eigenvalue weighted by Crippen LogP contribution is -2.39. The Labute approximate surface area is 167 Å². The predicted octanol–water partition coefficient (Wildman–Crippen LogP) is 4.65. The summed E-state index contributed by atoms with van der Waals surface area (Å²) < 4.78 is 5.43. The van der Waals surface area contributed by atoms with E-state index in [2.05, 4.69) is 40.2 Å². The third kappa shape index (κ3) is 2.44. The summed E-state index contributed by atoms with van der Waals surface area (Å²) in [7, 11) is 0. The first kappa shape index (κ1) is 16.8. The van der Waals surface area contributed by atoms with Gasteiger partial charge in [0.25, 0.3) is 11.6 Å². The summed E-state index contributed by atoms with van der Waals surface area (Å²) in [5.41, 5.74) is 6.42. The number of para-hydroxylation sites is 1. The van der Waals surface area contributed by atoms with Gasteiger partial charge in [-0.25, -0.2) is 4.98 Å². The number of fused-ring (bicyclic) bond motifs is 4. The molecule has 6 heteroatoms. The number of nitrogens with one attached hydrogen (secondary N) is 1. The molecule has 4 aromatic rings. The Balaban J connectivity index is 1.44.